The van der Waals surface area contributed by atoms with Gasteiger partial charge in [-0.05, 0) is 44.5 Å². The van der Waals surface area contributed by atoms with Gasteiger partial charge < -0.3 is 13.6 Å². The number of nitrogens with zero attached hydrogens (tertiary/aromatic N) is 1. The molecule has 162 valence electrons. The third-order valence-electron chi connectivity index (χ3n) is 5.52. The molecule has 0 amide bonds. The van der Waals surface area contributed by atoms with Crippen LogP contribution in [0, 0.1) is 5.41 Å². The molecule has 0 N–H and O–H groups in total. The first-order valence-corrected chi connectivity index (χ1v) is 12.9. The standard InChI is InChI=1S/C23H37NO4Si/c1-18(14-12-10-11-13-15-19-16-24-17-27-19)20(23(5,6)21(25)26-7)28-29(8,9)22(2,3)4/h10-14,16-17,20H,15H2,1-9H3/b12-10+,13-11+,18-14+/t20-/m1/s1. The quantitative estimate of drug-likeness (QED) is 0.285. The molecule has 0 aliphatic rings. The van der Waals surface area contributed by atoms with Gasteiger partial charge >= 0.3 is 5.97 Å². The number of allylic oxidation sites excluding steroid dienone is 5. The predicted octanol–water partition coefficient (Wildman–Crippen LogP) is 5.87. The van der Waals surface area contributed by atoms with Crippen LogP contribution in [-0.2, 0) is 20.4 Å². The molecule has 0 saturated heterocycles. The zero-order chi connectivity index (χ0) is 22.3. The summed E-state index contributed by atoms with van der Waals surface area (Å²) in [4.78, 5) is 16.4. The van der Waals surface area contributed by atoms with E-state index in [4.69, 9.17) is 13.6 Å². The average molecular weight is 420 g/mol. The van der Waals surface area contributed by atoms with Crippen LogP contribution in [0.5, 0.6) is 0 Å². The van der Waals surface area contributed by atoms with Crippen molar-refractivity contribution >= 4 is 14.3 Å². The third-order valence-corrected chi connectivity index (χ3v) is 9.96. The zero-order valence-electron chi connectivity index (χ0n) is 19.4. The van der Waals surface area contributed by atoms with E-state index in [1.807, 2.05) is 51.2 Å². The minimum absolute atomic E-state index is 0.0387. The van der Waals surface area contributed by atoms with Crippen LogP contribution >= 0.6 is 0 Å². The van der Waals surface area contributed by atoms with Crippen LogP contribution in [0.4, 0.5) is 0 Å². The Kier molecular flexibility index (Phi) is 8.84. The molecule has 0 radical (unpaired) electrons. The molecule has 0 saturated carbocycles. The maximum atomic E-state index is 12.5. The fraction of sp³-hybridized carbons (Fsp3) is 0.565. The Balaban J connectivity index is 3.01. The predicted molar refractivity (Wildman–Crippen MR) is 120 cm³/mol. The number of hydrogen-bond donors (Lipinski definition) is 0. The van der Waals surface area contributed by atoms with Crippen molar-refractivity contribution in [2.24, 2.45) is 5.41 Å². The molecule has 1 heterocycles. The van der Waals surface area contributed by atoms with Crippen LogP contribution in [0.25, 0.3) is 0 Å². The fourth-order valence-electron chi connectivity index (χ4n) is 2.62. The molecule has 1 aromatic rings. The van der Waals surface area contributed by atoms with Gasteiger partial charge in [0, 0.05) is 6.42 Å². The van der Waals surface area contributed by atoms with Gasteiger partial charge in [0.25, 0.3) is 0 Å². The summed E-state index contributed by atoms with van der Waals surface area (Å²) < 4.78 is 16.9. The Bertz CT molecular complexity index is 737. The highest BCUT2D eigenvalue weighted by Crippen LogP contribution is 2.41. The number of oxazole rings is 1. The molecule has 29 heavy (non-hydrogen) atoms. The fourth-order valence-corrected chi connectivity index (χ4v) is 4.04. The second-order valence-electron chi connectivity index (χ2n) is 9.37. The van der Waals surface area contributed by atoms with Gasteiger partial charge in [0.1, 0.15) is 5.76 Å². The van der Waals surface area contributed by atoms with Crippen molar-refractivity contribution in [3.05, 3.63) is 54.3 Å². The highest BCUT2D eigenvalue weighted by molar-refractivity contribution is 6.74. The lowest BCUT2D eigenvalue weighted by molar-refractivity contribution is -0.155. The lowest BCUT2D eigenvalue weighted by Gasteiger charge is -2.43. The average Bonchev–Trinajstić information content (AvgIpc) is 3.13. The minimum Gasteiger partial charge on any atom is -0.469 e. The lowest BCUT2D eigenvalue weighted by Crippen LogP contribution is -2.50. The summed E-state index contributed by atoms with van der Waals surface area (Å²) in [5.74, 6) is 0.550. The van der Waals surface area contributed by atoms with Gasteiger partial charge in [-0.15, -0.1) is 0 Å². The summed E-state index contributed by atoms with van der Waals surface area (Å²) in [7, 11) is -0.671. The monoisotopic (exact) mass is 419 g/mol. The van der Waals surface area contributed by atoms with Gasteiger partial charge in [-0.1, -0.05) is 51.2 Å². The molecule has 0 aliphatic heterocycles. The van der Waals surface area contributed by atoms with Crippen LogP contribution in [0.15, 0.2) is 53.0 Å². The van der Waals surface area contributed by atoms with E-state index >= 15 is 0 Å². The van der Waals surface area contributed by atoms with Gasteiger partial charge in [-0.3, -0.25) is 4.79 Å². The molecular weight excluding hydrogens is 382 g/mol. The van der Waals surface area contributed by atoms with Crippen molar-refractivity contribution in [1.29, 1.82) is 0 Å². The van der Waals surface area contributed by atoms with Gasteiger partial charge in [-0.25, -0.2) is 4.98 Å². The van der Waals surface area contributed by atoms with Crippen molar-refractivity contribution in [2.45, 2.75) is 72.2 Å². The minimum atomic E-state index is -2.09. The van der Waals surface area contributed by atoms with Crippen molar-refractivity contribution in [1.82, 2.24) is 4.98 Å². The number of ether oxygens (including phenoxy) is 1. The summed E-state index contributed by atoms with van der Waals surface area (Å²) >= 11 is 0. The number of aromatic nitrogens is 1. The number of hydrogen-bond acceptors (Lipinski definition) is 5. The number of esters is 1. The first-order valence-electron chi connectivity index (χ1n) is 9.96. The summed E-state index contributed by atoms with van der Waals surface area (Å²) in [6, 6.07) is 0. The SMILES string of the molecule is COC(=O)C(C)(C)[C@H](O[Si](C)(C)C(C)(C)C)/C(C)=C/C=C/C=C/Cc1cnco1. The Morgan fingerprint density at radius 1 is 1.21 bits per heavy atom. The number of rotatable bonds is 9. The molecule has 1 aromatic heterocycles. The summed E-state index contributed by atoms with van der Waals surface area (Å²) in [6.45, 7) is 16.7. The van der Waals surface area contributed by atoms with Gasteiger partial charge in [-0.2, -0.15) is 0 Å². The summed E-state index contributed by atoms with van der Waals surface area (Å²) in [6.07, 6.45) is 13.3. The summed E-state index contributed by atoms with van der Waals surface area (Å²) in [5.41, 5.74) is 0.200. The normalized spacial score (nSPS) is 15.3. The van der Waals surface area contributed by atoms with E-state index in [1.54, 1.807) is 6.20 Å². The van der Waals surface area contributed by atoms with E-state index in [0.717, 1.165) is 11.3 Å². The van der Waals surface area contributed by atoms with Crippen LogP contribution in [-0.4, -0.2) is 32.5 Å². The highest BCUT2D eigenvalue weighted by atomic mass is 28.4. The molecule has 0 aromatic carbocycles. The van der Waals surface area contributed by atoms with Gasteiger partial charge in [0.2, 0.25) is 0 Å². The second kappa shape index (κ2) is 10.2. The molecule has 5 nitrogen and oxygen atoms in total. The zero-order valence-corrected chi connectivity index (χ0v) is 20.4. The summed E-state index contributed by atoms with van der Waals surface area (Å²) in [5, 5.41) is 0.0387. The van der Waals surface area contributed by atoms with Crippen molar-refractivity contribution in [3.63, 3.8) is 0 Å². The molecule has 0 aliphatic carbocycles. The van der Waals surface area contributed by atoms with E-state index < -0.39 is 13.7 Å². The maximum absolute atomic E-state index is 12.5. The number of carbonyl (C=O) groups is 1. The van der Waals surface area contributed by atoms with Crippen molar-refractivity contribution in [2.75, 3.05) is 7.11 Å². The van der Waals surface area contributed by atoms with Gasteiger partial charge in [0.15, 0.2) is 14.7 Å². The Labute approximate surface area is 177 Å². The van der Waals surface area contributed by atoms with Crippen LogP contribution in [0.3, 0.4) is 0 Å². The van der Waals surface area contributed by atoms with E-state index in [9.17, 15) is 4.79 Å². The first kappa shape index (κ1) is 25.1. The van der Waals surface area contributed by atoms with Gasteiger partial charge in [0.05, 0.1) is 24.8 Å². The molecule has 0 spiro atoms. The number of methoxy groups -OCH3 is 1. The number of carbonyl (C=O) groups excluding carboxylic acids is 1. The van der Waals surface area contributed by atoms with E-state index in [2.05, 4.69) is 38.8 Å². The van der Waals surface area contributed by atoms with Crippen molar-refractivity contribution in [3.8, 4) is 0 Å². The maximum Gasteiger partial charge on any atom is 0.314 e. The van der Waals surface area contributed by atoms with E-state index in [1.165, 1.54) is 13.5 Å². The highest BCUT2D eigenvalue weighted by Gasteiger charge is 2.46. The third kappa shape index (κ3) is 7.12. The first-order chi connectivity index (χ1) is 13.3. The molecular formula is C23H37NO4Si. The van der Waals surface area contributed by atoms with Crippen LogP contribution < -0.4 is 0 Å². The van der Waals surface area contributed by atoms with Crippen molar-refractivity contribution < 1.29 is 18.4 Å². The smallest absolute Gasteiger partial charge is 0.314 e. The molecule has 0 unspecified atom stereocenters. The largest absolute Gasteiger partial charge is 0.469 e. The Morgan fingerprint density at radius 3 is 2.38 bits per heavy atom. The van der Waals surface area contributed by atoms with E-state index in [-0.39, 0.29) is 17.1 Å². The topological polar surface area (TPSA) is 61.6 Å². The van der Waals surface area contributed by atoms with Crippen LogP contribution in [0.1, 0.15) is 47.3 Å². The Hall–Kier alpha value is -1.92. The second-order valence-corrected chi connectivity index (χ2v) is 14.1. The van der Waals surface area contributed by atoms with Crippen LogP contribution in [0.2, 0.25) is 18.1 Å². The molecule has 6 heteroatoms. The lowest BCUT2D eigenvalue weighted by atomic mass is 9.83. The molecule has 0 bridgehead atoms. The molecule has 0 fully saturated rings. The van der Waals surface area contributed by atoms with E-state index in [0.29, 0.717) is 6.42 Å². The molecule has 1 rings (SSSR count). The Morgan fingerprint density at radius 2 is 1.86 bits per heavy atom. The molecule has 1 atom stereocenters.